The van der Waals surface area contributed by atoms with Gasteiger partial charge in [0.1, 0.15) is 11.6 Å². The Morgan fingerprint density at radius 1 is 0.952 bits per heavy atom. The zero-order valence-electron chi connectivity index (χ0n) is 11.5. The van der Waals surface area contributed by atoms with E-state index in [2.05, 4.69) is 21.2 Å². The van der Waals surface area contributed by atoms with Crippen molar-refractivity contribution >= 4 is 15.9 Å². The Labute approximate surface area is 131 Å². The second-order valence-corrected chi connectivity index (χ2v) is 6.29. The molecule has 0 spiro atoms. The molecule has 1 fully saturated rings. The zero-order chi connectivity index (χ0) is 14.8. The summed E-state index contributed by atoms with van der Waals surface area (Å²) in [5.74, 6) is 0.125. The summed E-state index contributed by atoms with van der Waals surface area (Å²) in [4.78, 5) is 0. The molecule has 1 saturated heterocycles. The van der Waals surface area contributed by atoms with Crippen LogP contribution >= 0.6 is 15.9 Å². The molecule has 3 rings (SSSR count). The molecule has 2 atom stereocenters. The van der Waals surface area contributed by atoms with E-state index < -0.39 is 0 Å². The summed E-state index contributed by atoms with van der Waals surface area (Å²) in [6.45, 7) is 1.79. The molecule has 0 aromatic heterocycles. The van der Waals surface area contributed by atoms with Crippen molar-refractivity contribution in [2.45, 2.75) is 18.3 Å². The van der Waals surface area contributed by atoms with E-state index in [1.54, 1.807) is 0 Å². The number of piperidine rings is 1. The van der Waals surface area contributed by atoms with Gasteiger partial charge in [-0.2, -0.15) is 0 Å². The van der Waals surface area contributed by atoms with Crippen molar-refractivity contribution in [2.24, 2.45) is 0 Å². The smallest absolute Gasteiger partial charge is 0.137 e. The molecular formula is C17H16BrF2N. The van der Waals surface area contributed by atoms with Crippen LogP contribution in [0, 0.1) is 11.6 Å². The Morgan fingerprint density at radius 2 is 1.67 bits per heavy atom. The van der Waals surface area contributed by atoms with Crippen molar-refractivity contribution in [3.05, 3.63) is 69.7 Å². The molecule has 110 valence electrons. The molecule has 0 bridgehead atoms. The van der Waals surface area contributed by atoms with E-state index in [0.29, 0.717) is 10.4 Å². The maximum absolute atomic E-state index is 13.4. The Kier molecular flexibility index (Phi) is 4.36. The Morgan fingerprint density at radius 3 is 2.38 bits per heavy atom. The molecule has 1 heterocycles. The van der Waals surface area contributed by atoms with E-state index in [9.17, 15) is 8.78 Å². The molecule has 4 heteroatoms. The molecule has 2 unspecified atom stereocenters. The highest BCUT2D eigenvalue weighted by atomic mass is 79.9. The van der Waals surface area contributed by atoms with Crippen LogP contribution in [0.2, 0.25) is 0 Å². The minimum atomic E-state index is -0.244. The first-order valence-electron chi connectivity index (χ1n) is 7.06. The molecule has 2 aromatic carbocycles. The first kappa shape index (κ1) is 14.7. The van der Waals surface area contributed by atoms with Gasteiger partial charge in [0, 0.05) is 12.5 Å². The summed E-state index contributed by atoms with van der Waals surface area (Å²) in [5, 5.41) is 3.39. The number of rotatable bonds is 2. The maximum atomic E-state index is 13.4. The zero-order valence-corrected chi connectivity index (χ0v) is 13.0. The van der Waals surface area contributed by atoms with Gasteiger partial charge in [0.15, 0.2) is 0 Å². The van der Waals surface area contributed by atoms with E-state index >= 15 is 0 Å². The van der Waals surface area contributed by atoms with Crippen LogP contribution in [0.1, 0.15) is 29.4 Å². The molecule has 0 saturated carbocycles. The number of hydrogen-bond donors (Lipinski definition) is 1. The van der Waals surface area contributed by atoms with Crippen LogP contribution in [0.25, 0.3) is 0 Å². The van der Waals surface area contributed by atoms with Gasteiger partial charge in [-0.15, -0.1) is 0 Å². The van der Waals surface area contributed by atoms with Crippen LogP contribution < -0.4 is 5.32 Å². The lowest BCUT2D eigenvalue weighted by Crippen LogP contribution is -2.34. The fourth-order valence-corrected chi connectivity index (χ4v) is 3.46. The van der Waals surface area contributed by atoms with Gasteiger partial charge in [0.05, 0.1) is 4.47 Å². The number of nitrogens with one attached hydrogen (secondary N) is 1. The Balaban J connectivity index is 1.94. The van der Waals surface area contributed by atoms with E-state index in [0.717, 1.165) is 30.6 Å². The summed E-state index contributed by atoms with van der Waals surface area (Å²) >= 11 is 3.26. The van der Waals surface area contributed by atoms with Crippen molar-refractivity contribution < 1.29 is 8.78 Å². The van der Waals surface area contributed by atoms with E-state index in [4.69, 9.17) is 0 Å². The van der Waals surface area contributed by atoms with Gasteiger partial charge in [0.25, 0.3) is 0 Å². The van der Waals surface area contributed by atoms with Crippen molar-refractivity contribution in [2.75, 3.05) is 13.1 Å². The number of hydrogen-bond acceptors (Lipinski definition) is 1. The van der Waals surface area contributed by atoms with Crippen molar-refractivity contribution in [3.63, 3.8) is 0 Å². The highest BCUT2D eigenvalue weighted by molar-refractivity contribution is 9.10. The number of benzene rings is 2. The molecule has 0 radical (unpaired) electrons. The third kappa shape index (κ3) is 3.16. The average molecular weight is 352 g/mol. The molecule has 21 heavy (non-hydrogen) atoms. The lowest BCUT2D eigenvalue weighted by molar-refractivity contribution is 0.403. The second kappa shape index (κ2) is 6.24. The van der Waals surface area contributed by atoms with Crippen molar-refractivity contribution in [1.82, 2.24) is 5.32 Å². The molecule has 1 aliphatic rings. The van der Waals surface area contributed by atoms with Crippen LogP contribution in [0.4, 0.5) is 8.78 Å². The fraction of sp³-hybridized carbons (Fsp3) is 0.294. The summed E-state index contributed by atoms with van der Waals surface area (Å²) in [6.07, 6.45) is 0.986. The van der Waals surface area contributed by atoms with Gasteiger partial charge in [-0.05, 0) is 70.2 Å². The van der Waals surface area contributed by atoms with Crippen LogP contribution in [0.3, 0.4) is 0 Å². The average Bonchev–Trinajstić information content (AvgIpc) is 2.51. The second-order valence-electron chi connectivity index (χ2n) is 5.43. The molecular weight excluding hydrogens is 336 g/mol. The van der Waals surface area contributed by atoms with Crippen LogP contribution in [0.15, 0.2) is 46.9 Å². The standard InChI is InChI=1S/C17H16BrF2N/c18-16-9-12(3-6-17(16)20)14-7-8-21-10-15(14)11-1-4-13(19)5-2-11/h1-6,9,14-15,21H,7-8,10H2. The van der Waals surface area contributed by atoms with Crippen LogP contribution in [-0.2, 0) is 0 Å². The van der Waals surface area contributed by atoms with Gasteiger partial charge in [0.2, 0.25) is 0 Å². The normalized spacial score (nSPS) is 22.2. The minimum Gasteiger partial charge on any atom is -0.316 e. The summed E-state index contributed by atoms with van der Waals surface area (Å²) < 4.78 is 27.0. The Bertz CT molecular complexity index is 627. The molecule has 1 N–H and O–H groups in total. The third-order valence-corrected chi connectivity index (χ3v) is 4.76. The van der Waals surface area contributed by atoms with Gasteiger partial charge in [-0.1, -0.05) is 18.2 Å². The highest BCUT2D eigenvalue weighted by Gasteiger charge is 2.28. The summed E-state index contributed by atoms with van der Waals surface area (Å²) in [5.41, 5.74) is 2.24. The largest absolute Gasteiger partial charge is 0.316 e. The van der Waals surface area contributed by atoms with Gasteiger partial charge in [-0.25, -0.2) is 8.78 Å². The van der Waals surface area contributed by atoms with E-state index in [-0.39, 0.29) is 17.6 Å². The van der Waals surface area contributed by atoms with E-state index in [1.807, 2.05) is 24.3 Å². The molecule has 0 amide bonds. The number of halogens is 3. The molecule has 1 nitrogen and oxygen atoms in total. The van der Waals surface area contributed by atoms with Gasteiger partial charge < -0.3 is 5.32 Å². The predicted octanol–water partition coefficient (Wildman–Crippen LogP) is 4.59. The quantitative estimate of drug-likeness (QED) is 0.834. The molecule has 2 aromatic rings. The molecule has 0 aliphatic carbocycles. The first-order valence-corrected chi connectivity index (χ1v) is 7.85. The van der Waals surface area contributed by atoms with E-state index in [1.165, 1.54) is 18.2 Å². The summed E-state index contributed by atoms with van der Waals surface area (Å²) in [6, 6.07) is 11.9. The SMILES string of the molecule is Fc1ccc(C2CNCCC2c2ccc(F)c(Br)c2)cc1. The lowest BCUT2D eigenvalue weighted by atomic mass is 9.77. The lowest BCUT2D eigenvalue weighted by Gasteiger charge is -2.33. The summed E-state index contributed by atoms with van der Waals surface area (Å²) in [7, 11) is 0. The topological polar surface area (TPSA) is 12.0 Å². The molecule has 1 aliphatic heterocycles. The highest BCUT2D eigenvalue weighted by Crippen LogP contribution is 2.38. The monoisotopic (exact) mass is 351 g/mol. The Hall–Kier alpha value is -1.26. The third-order valence-electron chi connectivity index (χ3n) is 4.15. The fourth-order valence-electron chi connectivity index (χ4n) is 3.06. The predicted molar refractivity (Wildman–Crippen MR) is 83.5 cm³/mol. The maximum Gasteiger partial charge on any atom is 0.137 e. The van der Waals surface area contributed by atoms with Crippen molar-refractivity contribution in [3.8, 4) is 0 Å². The first-order chi connectivity index (χ1) is 10.1. The van der Waals surface area contributed by atoms with Crippen molar-refractivity contribution in [1.29, 1.82) is 0 Å². The van der Waals surface area contributed by atoms with Gasteiger partial charge in [-0.3, -0.25) is 0 Å². The van der Waals surface area contributed by atoms with Crippen LogP contribution in [-0.4, -0.2) is 13.1 Å². The minimum absolute atomic E-state index is 0.219. The van der Waals surface area contributed by atoms with Crippen LogP contribution in [0.5, 0.6) is 0 Å². The van der Waals surface area contributed by atoms with Gasteiger partial charge >= 0.3 is 0 Å².